The Morgan fingerprint density at radius 2 is 0.846 bits per heavy atom. The van der Waals surface area contributed by atoms with Crippen LogP contribution in [-0.4, -0.2) is 24.5 Å². The number of rotatable bonds is 5. The van der Waals surface area contributed by atoms with Gasteiger partial charge in [-0.25, -0.2) is 9.98 Å². The van der Waals surface area contributed by atoms with Crippen molar-refractivity contribution in [1.29, 1.82) is 0 Å². The van der Waals surface area contributed by atoms with Crippen molar-refractivity contribution in [3.63, 3.8) is 0 Å². The van der Waals surface area contributed by atoms with E-state index in [1.807, 2.05) is 121 Å². The van der Waals surface area contributed by atoms with Crippen LogP contribution in [0.15, 0.2) is 151 Å². The fourth-order valence-corrected chi connectivity index (χ4v) is 7.73. The van der Waals surface area contributed by atoms with E-state index in [9.17, 15) is 10.1 Å². The zero-order chi connectivity index (χ0) is 35.2. The fourth-order valence-electron chi connectivity index (χ4n) is 7.17. The molecule has 2 aliphatic rings. The highest BCUT2D eigenvalue weighted by molar-refractivity contribution is 9.18. The van der Waals surface area contributed by atoms with E-state index in [-0.39, 0.29) is 16.3 Å². The molecule has 0 radical (unpaired) electrons. The molecule has 0 spiro atoms. The normalized spacial score (nSPS) is 12.1. The molecule has 2 N–H and O–H groups in total. The van der Waals surface area contributed by atoms with E-state index < -0.39 is 0 Å². The molecule has 0 saturated heterocycles. The van der Waals surface area contributed by atoms with Crippen LogP contribution in [0.2, 0.25) is 0 Å². The van der Waals surface area contributed by atoms with Crippen molar-refractivity contribution in [2.45, 2.75) is 0 Å². The van der Waals surface area contributed by atoms with Crippen molar-refractivity contribution in [3.05, 3.63) is 173 Å². The number of aliphatic imine (C=N–C) groups is 1. The zero-order valence-electron chi connectivity index (χ0n) is 27.5. The molecule has 2 aliphatic heterocycles. The van der Waals surface area contributed by atoms with Gasteiger partial charge in [0.1, 0.15) is 4.62 Å². The molecule has 7 nitrogen and oxygen atoms in total. The number of nitrogens with zero attached hydrogens (tertiary/aromatic N) is 3. The second-order valence-corrected chi connectivity index (χ2v) is 13.2. The van der Waals surface area contributed by atoms with Gasteiger partial charge >= 0.3 is 5.69 Å². The minimum atomic E-state index is -0.317. The van der Waals surface area contributed by atoms with Gasteiger partial charge in [0.25, 0.3) is 0 Å². The van der Waals surface area contributed by atoms with Gasteiger partial charge in [-0.1, -0.05) is 121 Å². The number of nitrogens with one attached hydrogen (secondary N) is 2. The van der Waals surface area contributed by atoms with Crippen molar-refractivity contribution < 1.29 is 4.92 Å². The summed E-state index contributed by atoms with van der Waals surface area (Å²) in [5.74, 6) is 0. The lowest BCUT2D eigenvalue weighted by molar-refractivity contribution is -0.383. The van der Waals surface area contributed by atoms with Crippen LogP contribution < -0.4 is 0 Å². The summed E-state index contributed by atoms with van der Waals surface area (Å²) in [5.41, 5.74) is 11.8. The molecule has 7 aromatic rings. The third kappa shape index (κ3) is 5.37. The lowest BCUT2D eigenvalue weighted by Gasteiger charge is -2.07. The molecule has 52 heavy (non-hydrogen) atoms. The summed E-state index contributed by atoms with van der Waals surface area (Å²) in [5, 5.41) is 13.4. The van der Waals surface area contributed by atoms with Gasteiger partial charge in [-0.2, -0.15) is 0 Å². The summed E-state index contributed by atoms with van der Waals surface area (Å²) in [6.07, 6.45) is 4.11. The summed E-state index contributed by atoms with van der Waals surface area (Å²) in [6, 6.07) is 47.7. The Balaban J connectivity index is 1.56. The maximum Gasteiger partial charge on any atom is 0.306 e. The van der Waals surface area contributed by atoms with Gasteiger partial charge in [-0.3, -0.25) is 10.1 Å². The Morgan fingerprint density at radius 3 is 1.27 bits per heavy atom. The van der Waals surface area contributed by atoms with E-state index in [1.165, 1.54) is 0 Å². The van der Waals surface area contributed by atoms with Crippen LogP contribution in [0.4, 0.5) is 11.4 Å². The molecule has 9 rings (SSSR count). The number of hydrogen-bond acceptors (Lipinski definition) is 4. The van der Waals surface area contributed by atoms with E-state index in [0.29, 0.717) is 32.3 Å². The highest BCUT2D eigenvalue weighted by atomic mass is 79.9. The molecule has 0 atom stereocenters. The molecular weight excluding hydrogens is 710 g/mol. The van der Waals surface area contributed by atoms with E-state index >= 15 is 0 Å². The van der Waals surface area contributed by atoms with E-state index in [2.05, 4.69) is 62.3 Å². The van der Waals surface area contributed by atoms with E-state index in [4.69, 9.17) is 9.98 Å². The Bertz CT molecular complexity index is 2750. The van der Waals surface area contributed by atoms with Crippen molar-refractivity contribution in [3.8, 4) is 44.5 Å². The van der Waals surface area contributed by atoms with Crippen LogP contribution in [0.5, 0.6) is 0 Å². The molecule has 0 unspecified atom stereocenters. The predicted molar refractivity (Wildman–Crippen MR) is 216 cm³/mol. The number of fused-ring (bicyclic) bond motifs is 8. The van der Waals surface area contributed by atoms with Crippen LogP contribution in [0.25, 0.3) is 78.7 Å². The second kappa shape index (κ2) is 12.9. The summed E-state index contributed by atoms with van der Waals surface area (Å²) >= 11 is 3.71. The van der Waals surface area contributed by atoms with Crippen molar-refractivity contribution >= 4 is 66.1 Å². The molecule has 0 aliphatic carbocycles. The maximum absolute atomic E-state index is 13.4. The lowest BCUT2D eigenvalue weighted by atomic mass is 9.99. The summed E-state index contributed by atoms with van der Waals surface area (Å²) in [6.45, 7) is 0. The van der Waals surface area contributed by atoms with Gasteiger partial charge in [0.05, 0.1) is 21.9 Å². The number of aromatic amines is 2. The van der Waals surface area contributed by atoms with Gasteiger partial charge in [0.15, 0.2) is 5.69 Å². The fraction of sp³-hybridized carbons (Fsp3) is 0. The average molecular weight is 739 g/mol. The first-order valence-corrected chi connectivity index (χ1v) is 17.6. The summed E-state index contributed by atoms with van der Waals surface area (Å²) < 4.78 is 0.374. The van der Waals surface area contributed by atoms with Crippen LogP contribution >= 0.6 is 15.9 Å². The smallest absolute Gasteiger partial charge is 0.306 e. The molecule has 0 amide bonds. The van der Waals surface area contributed by atoms with Gasteiger partial charge < -0.3 is 9.97 Å². The number of hydrogen-bond donors (Lipinski definition) is 2. The van der Waals surface area contributed by atoms with Crippen molar-refractivity contribution in [2.75, 3.05) is 0 Å². The van der Waals surface area contributed by atoms with Gasteiger partial charge in [-0.15, -0.1) is 0 Å². The van der Waals surface area contributed by atoms with E-state index in [0.717, 1.165) is 55.8 Å². The van der Waals surface area contributed by atoms with Crippen LogP contribution in [0, 0.1) is 10.1 Å². The summed E-state index contributed by atoms with van der Waals surface area (Å²) in [7, 11) is 0. The number of benzene rings is 4. The predicted octanol–water partition coefficient (Wildman–Crippen LogP) is 12.1. The largest absolute Gasteiger partial charge is 0.354 e. The highest BCUT2D eigenvalue weighted by Gasteiger charge is 2.33. The summed E-state index contributed by atoms with van der Waals surface area (Å²) in [4.78, 5) is 30.7. The molecular formula is C44H28BrN5O2. The van der Waals surface area contributed by atoms with Crippen molar-refractivity contribution in [1.82, 2.24) is 15.0 Å². The van der Waals surface area contributed by atoms with Gasteiger partial charge in [0, 0.05) is 44.3 Å². The monoisotopic (exact) mass is 737 g/mol. The first-order chi connectivity index (χ1) is 25.5. The zero-order valence-corrected chi connectivity index (χ0v) is 29.1. The molecule has 5 heterocycles. The Morgan fingerprint density at radius 1 is 0.481 bits per heavy atom. The minimum absolute atomic E-state index is 0.0935. The molecule has 0 saturated carbocycles. The second-order valence-electron chi connectivity index (χ2n) is 12.5. The number of aromatic nitrogens is 3. The Labute approximate surface area is 307 Å². The van der Waals surface area contributed by atoms with Gasteiger partial charge in [-0.05, 0) is 74.6 Å². The molecule has 4 aromatic carbocycles. The SMILES string of the molecule is O=[N+]([O-])c1c2c(-c3ccccc3)c3ccc([nH]3)c(-c3ccccc3)c3nc(c(-c4ccccc4)c4ccc([nH]4)c(-c4ccccc4)c1C(Br)=N2)C=C3. The van der Waals surface area contributed by atoms with Crippen LogP contribution in [-0.2, 0) is 0 Å². The topological polar surface area (TPSA) is 100.0 Å². The first-order valence-electron chi connectivity index (χ1n) is 16.8. The standard InChI is InChI=1S/C44H28BrN5O2/c45-44-41-39(29-17-9-3-10-18-29)35-25-23-33(47-35)37(27-13-5-1-6-14-27)31-21-22-32(46-31)38(28-15-7-2-8-16-28)34-24-26-36(48-34)40(30-19-11-4-12-20-30)42(49-44)43(41)50(51)52/h1-26,47-48H. The van der Waals surface area contributed by atoms with Crippen LogP contribution in [0.3, 0.4) is 0 Å². The molecule has 3 aromatic heterocycles. The molecule has 8 heteroatoms. The van der Waals surface area contributed by atoms with Gasteiger partial charge in [0.2, 0.25) is 0 Å². The van der Waals surface area contributed by atoms with Crippen molar-refractivity contribution in [2.24, 2.45) is 4.99 Å². The average Bonchev–Trinajstić information content (AvgIpc) is 4.00. The molecule has 8 bridgehead atoms. The molecule has 0 fully saturated rings. The third-order valence-corrected chi connectivity index (χ3v) is 9.97. The third-order valence-electron chi connectivity index (χ3n) is 9.40. The maximum atomic E-state index is 13.4. The Hall–Kier alpha value is -6.64. The van der Waals surface area contributed by atoms with E-state index in [1.54, 1.807) is 0 Å². The Kier molecular flexibility index (Phi) is 7.79. The molecule has 248 valence electrons. The number of H-pyrrole nitrogens is 2. The number of halogens is 1. The number of nitro groups is 1. The first kappa shape index (κ1) is 31.3. The quantitative estimate of drug-likeness (QED) is 0.136. The van der Waals surface area contributed by atoms with Crippen LogP contribution in [0.1, 0.15) is 17.0 Å². The lowest BCUT2D eigenvalue weighted by Crippen LogP contribution is -1.97. The minimum Gasteiger partial charge on any atom is -0.354 e. The highest BCUT2D eigenvalue weighted by Crippen LogP contribution is 2.49.